The number of esters is 3. The summed E-state index contributed by atoms with van der Waals surface area (Å²) < 4.78 is 37.4. The van der Waals surface area contributed by atoms with Crippen LogP contribution < -0.4 is 0 Å². The zero-order valence-electron chi connectivity index (χ0n) is 25.8. The van der Waals surface area contributed by atoms with Gasteiger partial charge in [-0.2, -0.15) is 0 Å². The summed E-state index contributed by atoms with van der Waals surface area (Å²) in [6.07, 6.45) is 2.00. The van der Waals surface area contributed by atoms with E-state index < -0.39 is 51.1 Å². The van der Waals surface area contributed by atoms with Gasteiger partial charge in [0.15, 0.2) is 4.75 Å². The minimum Gasteiger partial charge on any atom is -0.466 e. The molecule has 9 atom stereocenters. The first-order valence-electron chi connectivity index (χ1n) is 15.3. The molecule has 43 heavy (non-hydrogen) atoms. The molecule has 2 saturated heterocycles. The maximum atomic E-state index is 15.0. The van der Waals surface area contributed by atoms with E-state index in [2.05, 4.69) is 20.8 Å². The number of benzene rings is 1. The monoisotopic (exact) mass is 633 g/mol. The number of fused-ring (bicyclic) bond motifs is 3. The predicted molar refractivity (Wildman–Crippen MR) is 163 cm³/mol. The number of carbonyl (C=O) groups is 3. The maximum Gasteiger partial charge on any atom is 0.329 e. The quantitative estimate of drug-likeness (QED) is 0.258. The highest BCUT2D eigenvalue weighted by molar-refractivity contribution is 8.04. The van der Waals surface area contributed by atoms with E-state index in [1.165, 1.54) is 18.7 Å². The van der Waals surface area contributed by atoms with Crippen molar-refractivity contribution in [2.75, 3.05) is 13.2 Å². The van der Waals surface area contributed by atoms with Crippen LogP contribution in [0, 0.1) is 23.7 Å². The summed E-state index contributed by atoms with van der Waals surface area (Å²) in [5.74, 6) is -1.56. The van der Waals surface area contributed by atoms with Gasteiger partial charge in [0.05, 0.1) is 30.1 Å². The lowest BCUT2D eigenvalue weighted by atomic mass is 9.75. The van der Waals surface area contributed by atoms with Gasteiger partial charge in [0, 0.05) is 28.8 Å². The van der Waals surface area contributed by atoms with Gasteiger partial charge in [0.25, 0.3) is 0 Å². The summed E-state index contributed by atoms with van der Waals surface area (Å²) in [5.41, 5.74) is 0.775. The number of rotatable bonds is 10. The third-order valence-electron chi connectivity index (χ3n) is 9.33. The first-order chi connectivity index (χ1) is 20.5. The lowest BCUT2D eigenvalue weighted by Gasteiger charge is -2.42. The molecule has 1 saturated carbocycles. The Balaban J connectivity index is 1.63. The average molecular weight is 634 g/mol. The number of thioether (sulfide) groups is 1. The van der Waals surface area contributed by atoms with Crippen LogP contribution in [0.25, 0.3) is 0 Å². The first-order valence-corrected chi connectivity index (χ1v) is 17.3. The second-order valence-corrected chi connectivity index (χ2v) is 15.2. The fourth-order valence-electron chi connectivity index (χ4n) is 7.28. The molecule has 0 spiro atoms. The van der Waals surface area contributed by atoms with E-state index in [0.29, 0.717) is 23.2 Å². The molecular formula is C32H43NO8S2. The number of hydrogen-bond acceptors (Lipinski definition) is 10. The van der Waals surface area contributed by atoms with Crippen LogP contribution in [0.1, 0.15) is 67.2 Å². The third-order valence-corrected chi connectivity index (χ3v) is 13.1. The molecule has 236 valence electrons. The van der Waals surface area contributed by atoms with Crippen LogP contribution in [0.3, 0.4) is 0 Å². The van der Waals surface area contributed by atoms with Crippen LogP contribution in [-0.2, 0) is 44.1 Å². The van der Waals surface area contributed by atoms with Crippen LogP contribution >= 0.6 is 11.8 Å². The van der Waals surface area contributed by atoms with Gasteiger partial charge in [-0.25, -0.2) is 4.79 Å². The van der Waals surface area contributed by atoms with Crippen LogP contribution in [-0.4, -0.2) is 68.8 Å². The molecule has 0 radical (unpaired) electrons. The lowest BCUT2D eigenvalue weighted by molar-refractivity contribution is -0.194. The average Bonchev–Trinajstić information content (AvgIpc) is 3.55. The maximum absolute atomic E-state index is 15.0. The Morgan fingerprint density at radius 3 is 2.56 bits per heavy atom. The topological polar surface area (TPSA) is 108 Å². The van der Waals surface area contributed by atoms with Gasteiger partial charge in [-0.3, -0.25) is 13.8 Å². The van der Waals surface area contributed by atoms with E-state index in [0.717, 1.165) is 29.9 Å². The summed E-state index contributed by atoms with van der Waals surface area (Å²) in [5, 5.41) is -0.616. The molecule has 9 nitrogen and oxygen atoms in total. The van der Waals surface area contributed by atoms with E-state index in [4.69, 9.17) is 18.9 Å². The molecule has 0 unspecified atom stereocenters. The highest BCUT2D eigenvalue weighted by Crippen LogP contribution is 2.62. The van der Waals surface area contributed by atoms with Crippen LogP contribution in [0.5, 0.6) is 0 Å². The first kappa shape index (κ1) is 32.0. The second-order valence-electron chi connectivity index (χ2n) is 12.4. The van der Waals surface area contributed by atoms with Crippen molar-refractivity contribution in [2.45, 2.75) is 101 Å². The van der Waals surface area contributed by atoms with Gasteiger partial charge in [-0.1, -0.05) is 45.4 Å². The van der Waals surface area contributed by atoms with Gasteiger partial charge < -0.3 is 23.8 Å². The molecule has 1 aliphatic carbocycles. The van der Waals surface area contributed by atoms with Crippen LogP contribution in [0.15, 0.2) is 45.8 Å². The highest BCUT2D eigenvalue weighted by Gasteiger charge is 2.78. The minimum atomic E-state index is -1.82. The zero-order chi connectivity index (χ0) is 31.1. The molecule has 0 aromatic heterocycles. The smallest absolute Gasteiger partial charge is 0.329 e. The summed E-state index contributed by atoms with van der Waals surface area (Å²) in [6, 6.07) is 8.01. The number of carbonyl (C=O) groups excluding carboxylic acids is 3. The molecule has 4 aliphatic rings. The molecule has 1 aromatic rings. The van der Waals surface area contributed by atoms with E-state index in [1.807, 2.05) is 30.0 Å². The largest absolute Gasteiger partial charge is 0.466 e. The molecule has 5 rings (SSSR count). The van der Waals surface area contributed by atoms with Crippen molar-refractivity contribution in [1.82, 2.24) is 4.90 Å². The Bertz CT molecular complexity index is 1290. The number of nitrogens with zero attached hydrogens (tertiary/aromatic N) is 1. The molecule has 3 fully saturated rings. The molecule has 0 amide bonds. The van der Waals surface area contributed by atoms with Crippen molar-refractivity contribution in [3.05, 3.63) is 40.9 Å². The summed E-state index contributed by atoms with van der Waals surface area (Å²) in [4.78, 5) is 42.5. The van der Waals surface area contributed by atoms with Gasteiger partial charge >= 0.3 is 17.9 Å². The predicted octanol–water partition coefficient (Wildman–Crippen LogP) is 5.01. The molecular weight excluding hydrogens is 590 g/mol. The fourth-order valence-corrected chi connectivity index (χ4v) is 11.1. The van der Waals surface area contributed by atoms with Gasteiger partial charge in [0.1, 0.15) is 17.3 Å². The Hall–Kier alpha value is -2.37. The third kappa shape index (κ3) is 5.65. The van der Waals surface area contributed by atoms with Crippen molar-refractivity contribution >= 4 is 40.5 Å². The van der Waals surface area contributed by atoms with E-state index in [-0.39, 0.29) is 31.2 Å². The van der Waals surface area contributed by atoms with Crippen molar-refractivity contribution in [3.63, 3.8) is 0 Å². The normalized spacial score (nSPS) is 34.2. The van der Waals surface area contributed by atoms with Crippen molar-refractivity contribution in [2.24, 2.45) is 23.7 Å². The minimum absolute atomic E-state index is 0.134. The molecule has 3 aliphatic heterocycles. The van der Waals surface area contributed by atoms with Gasteiger partial charge in [-0.05, 0) is 56.6 Å². The van der Waals surface area contributed by atoms with E-state index in [9.17, 15) is 14.4 Å². The number of ether oxygens (including phenoxy) is 4. The second kappa shape index (κ2) is 12.9. The number of allylic oxidation sites excluding steroid dienone is 1. The van der Waals surface area contributed by atoms with E-state index in [1.54, 1.807) is 19.1 Å². The summed E-state index contributed by atoms with van der Waals surface area (Å²) in [6.45, 7) is 11.9. The fraction of sp³-hybridized carbons (Fsp3) is 0.656. The van der Waals surface area contributed by atoms with Crippen LogP contribution in [0.2, 0.25) is 0 Å². The van der Waals surface area contributed by atoms with Crippen molar-refractivity contribution < 1.29 is 37.5 Å². The lowest BCUT2D eigenvalue weighted by Crippen LogP contribution is -2.56. The SMILES string of the molecule is CCOC(=O)[C@H]1[C@@H]2C(=O)O[C@H](O[C@@H]3C[C@H](C)CC[C@H]3C(C)C)[C@]2([S@@](=O)c2ccccc2)[C@@H]2SC(CCOC(C)=O)=C(C)N21. The van der Waals surface area contributed by atoms with Crippen LogP contribution in [0.4, 0.5) is 0 Å². The highest BCUT2D eigenvalue weighted by atomic mass is 32.2. The molecule has 11 heteroatoms. The standard InChI is InChI=1S/C32H43NO8S2/c1-7-38-29(36)27-26-28(35)41-31(40-24-17-19(4)13-14-23(24)18(2)3)32(26,43(37)22-11-9-8-10-12-22)30-33(27)20(5)25(42-30)15-16-39-21(6)34/h8-12,18-19,23-24,26-27,30-31H,7,13-17H2,1-6H3/t19-,23+,24-,26-,27-,30+,31+,32-,43+/m1/s1. The zero-order valence-corrected chi connectivity index (χ0v) is 27.4. The Morgan fingerprint density at radius 1 is 1.19 bits per heavy atom. The summed E-state index contributed by atoms with van der Waals surface area (Å²) in [7, 11) is -1.82. The summed E-state index contributed by atoms with van der Waals surface area (Å²) >= 11 is 1.46. The van der Waals surface area contributed by atoms with Crippen molar-refractivity contribution in [3.8, 4) is 0 Å². The van der Waals surface area contributed by atoms with Crippen molar-refractivity contribution in [1.29, 1.82) is 0 Å². The van der Waals surface area contributed by atoms with E-state index >= 15 is 4.21 Å². The molecule has 1 aromatic carbocycles. The molecule has 3 heterocycles. The Morgan fingerprint density at radius 2 is 1.91 bits per heavy atom. The number of cyclic esters (lactones) is 1. The Labute approximate surface area is 260 Å². The molecule has 0 N–H and O–H groups in total. The number of hydrogen-bond donors (Lipinski definition) is 0. The van der Waals surface area contributed by atoms with Gasteiger partial charge in [-0.15, -0.1) is 11.8 Å². The van der Waals surface area contributed by atoms with Gasteiger partial charge in [0.2, 0.25) is 6.29 Å². The molecule has 0 bridgehead atoms. The Kier molecular flexibility index (Phi) is 9.63.